The number of imidazole rings is 1. The molecule has 0 fully saturated rings. The van der Waals surface area contributed by atoms with Gasteiger partial charge in [0.05, 0.1) is 12.7 Å². The zero-order valence-corrected chi connectivity index (χ0v) is 15.7. The second-order valence-electron chi connectivity index (χ2n) is 6.35. The fourth-order valence-electron chi connectivity index (χ4n) is 2.91. The summed E-state index contributed by atoms with van der Waals surface area (Å²) in [6.07, 6.45) is 5.40. The Morgan fingerprint density at radius 2 is 2.00 bits per heavy atom. The highest BCUT2D eigenvalue weighted by Crippen LogP contribution is 2.24. The lowest BCUT2D eigenvalue weighted by atomic mass is 10.1. The van der Waals surface area contributed by atoms with Crippen molar-refractivity contribution in [3.63, 3.8) is 0 Å². The summed E-state index contributed by atoms with van der Waals surface area (Å²) in [6, 6.07) is 11.4. The standard InChI is InChI=1S/C20H16ClN5O2/c1-12-18(20(27)28)25-19(24-12)17-8-14(6-7-22-17)15-9-23-26(11-15)10-13-2-4-16(21)5-3-13/h2-9,11H,10H2,1H3,(H,24,25)(H,27,28). The van der Waals surface area contributed by atoms with Crippen molar-refractivity contribution in [2.24, 2.45) is 0 Å². The van der Waals surface area contributed by atoms with Gasteiger partial charge in [0.1, 0.15) is 5.69 Å². The van der Waals surface area contributed by atoms with E-state index >= 15 is 0 Å². The second-order valence-corrected chi connectivity index (χ2v) is 6.78. The first kappa shape index (κ1) is 17.9. The molecular formula is C20H16ClN5O2. The topological polar surface area (TPSA) is 96.7 Å². The summed E-state index contributed by atoms with van der Waals surface area (Å²) < 4.78 is 1.85. The number of aromatic amines is 1. The van der Waals surface area contributed by atoms with Crippen LogP contribution in [0.15, 0.2) is 55.0 Å². The number of carboxylic acid groups (broad SMARTS) is 1. The Balaban J connectivity index is 1.60. The molecule has 0 aliphatic rings. The van der Waals surface area contributed by atoms with Crippen LogP contribution in [0.4, 0.5) is 0 Å². The number of aryl methyl sites for hydroxylation is 1. The molecule has 4 aromatic rings. The lowest BCUT2D eigenvalue weighted by Gasteiger charge is -2.02. The molecular weight excluding hydrogens is 378 g/mol. The number of H-pyrrole nitrogens is 1. The van der Waals surface area contributed by atoms with E-state index in [0.717, 1.165) is 16.7 Å². The van der Waals surface area contributed by atoms with Gasteiger partial charge >= 0.3 is 5.97 Å². The maximum absolute atomic E-state index is 11.2. The van der Waals surface area contributed by atoms with E-state index in [2.05, 4.69) is 20.1 Å². The fraction of sp³-hybridized carbons (Fsp3) is 0.100. The van der Waals surface area contributed by atoms with Gasteiger partial charge in [-0.2, -0.15) is 5.10 Å². The van der Waals surface area contributed by atoms with Crippen LogP contribution in [0.25, 0.3) is 22.6 Å². The number of halogens is 1. The van der Waals surface area contributed by atoms with Gasteiger partial charge in [-0.15, -0.1) is 0 Å². The Bertz CT molecular complexity index is 1150. The number of carboxylic acids is 1. The number of nitrogens with zero attached hydrogens (tertiary/aromatic N) is 4. The molecule has 7 nitrogen and oxygen atoms in total. The molecule has 2 N–H and O–H groups in total. The molecule has 0 saturated heterocycles. The zero-order chi connectivity index (χ0) is 19.7. The first-order valence-electron chi connectivity index (χ1n) is 8.53. The summed E-state index contributed by atoms with van der Waals surface area (Å²) in [6.45, 7) is 2.30. The molecule has 0 unspecified atom stereocenters. The van der Waals surface area contributed by atoms with E-state index in [1.807, 2.05) is 47.3 Å². The smallest absolute Gasteiger partial charge is 0.356 e. The predicted octanol–water partition coefficient (Wildman–Crippen LogP) is 4.04. The number of nitrogens with one attached hydrogen (secondary N) is 1. The lowest BCUT2D eigenvalue weighted by molar-refractivity contribution is 0.0690. The van der Waals surface area contributed by atoms with Gasteiger partial charge in [0.25, 0.3) is 0 Å². The highest BCUT2D eigenvalue weighted by Gasteiger charge is 2.15. The van der Waals surface area contributed by atoms with Crippen molar-refractivity contribution in [3.8, 4) is 22.6 Å². The number of aromatic carboxylic acids is 1. The van der Waals surface area contributed by atoms with E-state index in [1.165, 1.54) is 0 Å². The molecule has 0 aliphatic heterocycles. The van der Waals surface area contributed by atoms with Gasteiger partial charge in [-0.25, -0.2) is 9.78 Å². The maximum Gasteiger partial charge on any atom is 0.356 e. The van der Waals surface area contributed by atoms with Gasteiger partial charge in [0.2, 0.25) is 0 Å². The Morgan fingerprint density at radius 3 is 2.71 bits per heavy atom. The molecule has 8 heteroatoms. The van der Waals surface area contributed by atoms with Gasteiger partial charge in [0, 0.05) is 28.7 Å². The first-order chi connectivity index (χ1) is 13.5. The van der Waals surface area contributed by atoms with E-state index in [4.69, 9.17) is 11.6 Å². The number of rotatable bonds is 5. The van der Waals surface area contributed by atoms with Crippen molar-refractivity contribution >= 4 is 17.6 Å². The number of carbonyl (C=O) groups is 1. The third-order valence-corrected chi connectivity index (χ3v) is 4.57. The van der Waals surface area contributed by atoms with Crippen molar-refractivity contribution in [1.82, 2.24) is 24.7 Å². The van der Waals surface area contributed by atoms with Crippen LogP contribution in [-0.2, 0) is 6.54 Å². The molecule has 28 heavy (non-hydrogen) atoms. The van der Waals surface area contributed by atoms with Crippen molar-refractivity contribution in [2.75, 3.05) is 0 Å². The molecule has 0 saturated carbocycles. The highest BCUT2D eigenvalue weighted by atomic mass is 35.5. The summed E-state index contributed by atoms with van der Waals surface area (Å²) in [5.41, 5.74) is 4.00. The molecule has 0 spiro atoms. The van der Waals surface area contributed by atoms with Crippen LogP contribution in [0.3, 0.4) is 0 Å². The van der Waals surface area contributed by atoms with E-state index in [1.54, 1.807) is 19.3 Å². The quantitative estimate of drug-likeness (QED) is 0.533. The average molecular weight is 394 g/mol. The summed E-state index contributed by atoms with van der Waals surface area (Å²) in [7, 11) is 0. The first-order valence-corrected chi connectivity index (χ1v) is 8.91. The number of pyridine rings is 1. The van der Waals surface area contributed by atoms with Crippen LogP contribution in [0.5, 0.6) is 0 Å². The predicted molar refractivity (Wildman–Crippen MR) is 105 cm³/mol. The van der Waals surface area contributed by atoms with E-state index < -0.39 is 5.97 Å². The summed E-state index contributed by atoms with van der Waals surface area (Å²) >= 11 is 5.92. The van der Waals surface area contributed by atoms with Crippen LogP contribution in [0.1, 0.15) is 21.7 Å². The largest absolute Gasteiger partial charge is 0.476 e. The van der Waals surface area contributed by atoms with Crippen molar-refractivity contribution in [1.29, 1.82) is 0 Å². The second kappa shape index (κ2) is 7.28. The number of hydrogen-bond donors (Lipinski definition) is 2. The van der Waals surface area contributed by atoms with Gasteiger partial charge in [0.15, 0.2) is 11.5 Å². The van der Waals surface area contributed by atoms with Gasteiger partial charge in [-0.05, 0) is 42.3 Å². The summed E-state index contributed by atoms with van der Waals surface area (Å²) in [4.78, 5) is 22.6. The van der Waals surface area contributed by atoms with E-state index in [9.17, 15) is 9.90 Å². The molecule has 3 heterocycles. The number of benzene rings is 1. The lowest BCUT2D eigenvalue weighted by Crippen LogP contribution is -1.99. The van der Waals surface area contributed by atoms with Crippen LogP contribution < -0.4 is 0 Å². The zero-order valence-electron chi connectivity index (χ0n) is 14.9. The van der Waals surface area contributed by atoms with Gasteiger partial charge in [-0.3, -0.25) is 9.67 Å². The third kappa shape index (κ3) is 3.65. The Labute approximate surface area is 165 Å². The number of hydrogen-bond acceptors (Lipinski definition) is 4. The summed E-state index contributed by atoms with van der Waals surface area (Å²) in [5, 5.41) is 14.3. The minimum absolute atomic E-state index is 0.00186. The van der Waals surface area contributed by atoms with Crippen LogP contribution >= 0.6 is 11.6 Å². The Morgan fingerprint density at radius 1 is 1.21 bits per heavy atom. The Kier molecular flexibility index (Phi) is 4.67. The molecule has 0 bridgehead atoms. The minimum atomic E-state index is -1.07. The van der Waals surface area contributed by atoms with Crippen molar-refractivity contribution in [2.45, 2.75) is 13.5 Å². The van der Waals surface area contributed by atoms with Gasteiger partial charge in [-0.1, -0.05) is 23.7 Å². The average Bonchev–Trinajstić information content (AvgIpc) is 3.30. The summed E-state index contributed by atoms with van der Waals surface area (Å²) in [5.74, 6) is -0.648. The normalized spacial score (nSPS) is 10.9. The Hall–Kier alpha value is -3.45. The molecule has 0 amide bonds. The highest BCUT2D eigenvalue weighted by molar-refractivity contribution is 6.30. The molecule has 140 valence electrons. The SMILES string of the molecule is Cc1[nH]c(-c2cc(-c3cnn(Cc4ccc(Cl)cc4)c3)ccn2)nc1C(=O)O. The molecule has 3 aromatic heterocycles. The molecule has 0 radical (unpaired) electrons. The van der Waals surface area contributed by atoms with Crippen molar-refractivity contribution < 1.29 is 9.90 Å². The van der Waals surface area contributed by atoms with Crippen LogP contribution in [0, 0.1) is 6.92 Å². The van der Waals surface area contributed by atoms with Crippen LogP contribution in [0.2, 0.25) is 5.02 Å². The molecule has 1 aromatic carbocycles. The van der Waals surface area contributed by atoms with Crippen molar-refractivity contribution in [3.05, 3.63) is 77.0 Å². The number of aromatic nitrogens is 5. The maximum atomic E-state index is 11.2. The monoisotopic (exact) mass is 393 g/mol. The third-order valence-electron chi connectivity index (χ3n) is 4.31. The minimum Gasteiger partial charge on any atom is -0.476 e. The molecule has 0 atom stereocenters. The van der Waals surface area contributed by atoms with E-state index in [0.29, 0.717) is 28.8 Å². The molecule has 4 rings (SSSR count). The van der Waals surface area contributed by atoms with Gasteiger partial charge < -0.3 is 10.1 Å². The van der Waals surface area contributed by atoms with E-state index in [-0.39, 0.29) is 5.69 Å². The fourth-order valence-corrected chi connectivity index (χ4v) is 3.03. The van der Waals surface area contributed by atoms with Crippen LogP contribution in [-0.4, -0.2) is 35.8 Å². The molecule has 0 aliphatic carbocycles.